The first-order valence-corrected chi connectivity index (χ1v) is 9.28. The number of hydrogen-bond donors (Lipinski definition) is 2. The molecule has 1 aromatic carbocycles. The zero-order valence-electron chi connectivity index (χ0n) is 13.0. The minimum Gasteiger partial charge on any atom is -0.316 e. The molecule has 4 nitrogen and oxygen atoms in total. The number of hydrogen-bond acceptors (Lipinski definition) is 3. The standard InChI is InChI=1S/C16H26N2O2S/c1-13-14(12-17-2)8-7-11-16(13)21(19,20)18-15-9-5-3-4-6-10-15/h7-8,11,15,17-18H,3-6,9-10,12H2,1-2H3. The Bertz CT molecular complexity index is 562. The maximum atomic E-state index is 12.7. The van der Waals surface area contributed by atoms with Crippen molar-refractivity contribution in [2.24, 2.45) is 0 Å². The van der Waals surface area contributed by atoms with Crippen molar-refractivity contribution in [1.82, 2.24) is 10.0 Å². The molecule has 1 saturated carbocycles. The molecule has 5 heteroatoms. The smallest absolute Gasteiger partial charge is 0.241 e. The van der Waals surface area contributed by atoms with Gasteiger partial charge in [0.25, 0.3) is 0 Å². The van der Waals surface area contributed by atoms with Crippen LogP contribution in [0.2, 0.25) is 0 Å². The van der Waals surface area contributed by atoms with Crippen LogP contribution >= 0.6 is 0 Å². The maximum absolute atomic E-state index is 12.7. The molecule has 0 amide bonds. The molecule has 0 heterocycles. The number of rotatable bonds is 5. The topological polar surface area (TPSA) is 58.2 Å². The van der Waals surface area contributed by atoms with Gasteiger partial charge in [-0.15, -0.1) is 0 Å². The fourth-order valence-corrected chi connectivity index (χ4v) is 4.61. The van der Waals surface area contributed by atoms with E-state index in [1.54, 1.807) is 6.07 Å². The molecule has 1 aliphatic rings. The van der Waals surface area contributed by atoms with Crippen LogP contribution in [-0.4, -0.2) is 21.5 Å². The lowest BCUT2D eigenvalue weighted by Gasteiger charge is -2.18. The summed E-state index contributed by atoms with van der Waals surface area (Å²) in [5.41, 5.74) is 1.87. The van der Waals surface area contributed by atoms with Gasteiger partial charge in [0, 0.05) is 12.6 Å². The third kappa shape index (κ3) is 4.28. The second-order valence-corrected chi connectivity index (χ2v) is 7.56. The zero-order valence-corrected chi connectivity index (χ0v) is 13.8. The number of benzene rings is 1. The summed E-state index contributed by atoms with van der Waals surface area (Å²) in [6.07, 6.45) is 6.57. The van der Waals surface area contributed by atoms with Crippen molar-refractivity contribution in [2.45, 2.75) is 62.9 Å². The van der Waals surface area contributed by atoms with E-state index in [0.29, 0.717) is 11.4 Å². The van der Waals surface area contributed by atoms with Crippen molar-refractivity contribution in [2.75, 3.05) is 7.05 Å². The van der Waals surface area contributed by atoms with E-state index >= 15 is 0 Å². The van der Waals surface area contributed by atoms with Crippen LogP contribution in [0.4, 0.5) is 0 Å². The van der Waals surface area contributed by atoms with Crippen LogP contribution in [-0.2, 0) is 16.6 Å². The van der Waals surface area contributed by atoms with Crippen molar-refractivity contribution < 1.29 is 8.42 Å². The maximum Gasteiger partial charge on any atom is 0.241 e. The van der Waals surface area contributed by atoms with E-state index in [4.69, 9.17) is 0 Å². The first kappa shape index (κ1) is 16.5. The van der Waals surface area contributed by atoms with Crippen molar-refractivity contribution in [3.63, 3.8) is 0 Å². The van der Waals surface area contributed by atoms with Crippen LogP contribution in [0.1, 0.15) is 49.7 Å². The van der Waals surface area contributed by atoms with Gasteiger partial charge >= 0.3 is 0 Å². The van der Waals surface area contributed by atoms with E-state index in [0.717, 1.165) is 36.8 Å². The van der Waals surface area contributed by atoms with Gasteiger partial charge in [-0.3, -0.25) is 0 Å². The van der Waals surface area contributed by atoms with Gasteiger partial charge in [0.1, 0.15) is 0 Å². The fraction of sp³-hybridized carbons (Fsp3) is 0.625. The molecule has 0 spiro atoms. The lowest BCUT2D eigenvalue weighted by Crippen LogP contribution is -2.34. The van der Waals surface area contributed by atoms with Crippen LogP contribution < -0.4 is 10.0 Å². The average molecular weight is 310 g/mol. The van der Waals surface area contributed by atoms with Gasteiger partial charge in [-0.1, -0.05) is 37.8 Å². The van der Waals surface area contributed by atoms with E-state index < -0.39 is 10.0 Å². The molecule has 2 rings (SSSR count). The van der Waals surface area contributed by atoms with Crippen molar-refractivity contribution in [3.05, 3.63) is 29.3 Å². The van der Waals surface area contributed by atoms with Crippen LogP contribution in [0.3, 0.4) is 0 Å². The summed E-state index contributed by atoms with van der Waals surface area (Å²) in [5, 5.41) is 3.08. The highest BCUT2D eigenvalue weighted by molar-refractivity contribution is 7.89. The first-order valence-electron chi connectivity index (χ1n) is 7.80. The summed E-state index contributed by atoms with van der Waals surface area (Å²) >= 11 is 0. The van der Waals surface area contributed by atoms with E-state index in [1.807, 2.05) is 26.1 Å². The second kappa shape index (κ2) is 7.38. The Balaban J connectivity index is 2.20. The highest BCUT2D eigenvalue weighted by Crippen LogP contribution is 2.22. The Kier molecular flexibility index (Phi) is 5.79. The third-order valence-electron chi connectivity index (χ3n) is 4.23. The Labute approximate surface area is 128 Å². The van der Waals surface area contributed by atoms with Crippen LogP contribution in [0.5, 0.6) is 0 Å². The predicted molar refractivity (Wildman–Crippen MR) is 85.8 cm³/mol. The molecule has 2 N–H and O–H groups in total. The van der Waals surface area contributed by atoms with Gasteiger partial charge in [-0.2, -0.15) is 0 Å². The van der Waals surface area contributed by atoms with Gasteiger partial charge in [-0.25, -0.2) is 13.1 Å². The lowest BCUT2D eigenvalue weighted by molar-refractivity contribution is 0.509. The molecular weight excluding hydrogens is 284 g/mol. The molecule has 0 unspecified atom stereocenters. The van der Waals surface area contributed by atoms with Gasteiger partial charge in [0.05, 0.1) is 4.90 Å². The first-order chi connectivity index (χ1) is 10.0. The summed E-state index contributed by atoms with van der Waals surface area (Å²) in [5.74, 6) is 0. The molecule has 1 fully saturated rings. The van der Waals surface area contributed by atoms with Crippen LogP contribution in [0, 0.1) is 6.92 Å². The molecule has 0 aromatic heterocycles. The largest absolute Gasteiger partial charge is 0.316 e. The molecule has 0 aliphatic heterocycles. The molecular formula is C16H26N2O2S. The molecule has 118 valence electrons. The highest BCUT2D eigenvalue weighted by Gasteiger charge is 2.23. The number of nitrogens with one attached hydrogen (secondary N) is 2. The third-order valence-corrected chi connectivity index (χ3v) is 5.89. The fourth-order valence-electron chi connectivity index (χ4n) is 3.01. The van der Waals surface area contributed by atoms with Crippen LogP contribution in [0.15, 0.2) is 23.1 Å². The van der Waals surface area contributed by atoms with E-state index in [-0.39, 0.29) is 6.04 Å². The van der Waals surface area contributed by atoms with Gasteiger partial charge in [0.2, 0.25) is 10.0 Å². The Morgan fingerprint density at radius 1 is 1.14 bits per heavy atom. The van der Waals surface area contributed by atoms with E-state index in [9.17, 15) is 8.42 Å². The summed E-state index contributed by atoms with van der Waals surface area (Å²) in [6, 6.07) is 5.58. The van der Waals surface area contributed by atoms with Gasteiger partial charge < -0.3 is 5.32 Å². The van der Waals surface area contributed by atoms with Crippen molar-refractivity contribution in [3.8, 4) is 0 Å². The summed E-state index contributed by atoms with van der Waals surface area (Å²) < 4.78 is 28.2. The molecule has 1 aromatic rings. The summed E-state index contributed by atoms with van der Waals surface area (Å²) in [7, 11) is -1.56. The van der Waals surface area contributed by atoms with Crippen LogP contribution in [0.25, 0.3) is 0 Å². The average Bonchev–Trinajstić information content (AvgIpc) is 2.69. The predicted octanol–water partition coefficient (Wildman–Crippen LogP) is 2.72. The SMILES string of the molecule is CNCc1cccc(S(=O)(=O)NC2CCCCCC2)c1C. The van der Waals surface area contributed by atoms with E-state index in [2.05, 4.69) is 10.0 Å². The minimum atomic E-state index is -3.43. The minimum absolute atomic E-state index is 0.0878. The molecule has 0 atom stereocenters. The summed E-state index contributed by atoms with van der Waals surface area (Å²) in [6.45, 7) is 2.56. The second-order valence-electron chi connectivity index (χ2n) is 5.88. The monoisotopic (exact) mass is 310 g/mol. The highest BCUT2D eigenvalue weighted by atomic mass is 32.2. The molecule has 1 aliphatic carbocycles. The molecule has 0 radical (unpaired) electrons. The molecule has 21 heavy (non-hydrogen) atoms. The Morgan fingerprint density at radius 2 is 1.81 bits per heavy atom. The van der Waals surface area contributed by atoms with Crippen molar-refractivity contribution >= 4 is 10.0 Å². The zero-order chi connectivity index (χ0) is 15.3. The lowest BCUT2D eigenvalue weighted by atomic mass is 10.1. The molecule has 0 saturated heterocycles. The normalized spacial score (nSPS) is 17.6. The Morgan fingerprint density at radius 3 is 2.43 bits per heavy atom. The molecule has 0 bridgehead atoms. The Hall–Kier alpha value is -0.910. The number of sulfonamides is 1. The summed E-state index contributed by atoms with van der Waals surface area (Å²) in [4.78, 5) is 0.416. The van der Waals surface area contributed by atoms with Crippen molar-refractivity contribution in [1.29, 1.82) is 0 Å². The quantitative estimate of drug-likeness (QED) is 0.822. The van der Waals surface area contributed by atoms with Gasteiger partial charge in [0.15, 0.2) is 0 Å². The van der Waals surface area contributed by atoms with Gasteiger partial charge in [-0.05, 0) is 44.0 Å². The van der Waals surface area contributed by atoms with E-state index in [1.165, 1.54) is 12.8 Å².